The van der Waals surface area contributed by atoms with Crippen molar-refractivity contribution in [3.8, 4) is 5.75 Å². The molecule has 0 aliphatic rings. The minimum atomic E-state index is -0.271. The third-order valence-electron chi connectivity index (χ3n) is 3.16. The molecule has 1 heterocycles. The molecule has 2 rings (SSSR count). The molecule has 5 nitrogen and oxygen atoms in total. The molecule has 0 saturated heterocycles. The molecule has 0 aliphatic heterocycles. The average molecular weight is 287 g/mol. The van der Waals surface area contributed by atoms with Gasteiger partial charge in [-0.1, -0.05) is 12.1 Å². The zero-order chi connectivity index (χ0) is 15.5. The van der Waals surface area contributed by atoms with Crippen molar-refractivity contribution in [2.24, 2.45) is 0 Å². The van der Waals surface area contributed by atoms with E-state index in [2.05, 4.69) is 10.3 Å². The van der Waals surface area contributed by atoms with Crippen LogP contribution in [0.5, 0.6) is 5.75 Å². The van der Waals surface area contributed by atoms with Crippen LogP contribution in [0.1, 0.15) is 26.3 Å². The van der Waals surface area contributed by atoms with Gasteiger partial charge in [-0.2, -0.15) is 0 Å². The van der Waals surface area contributed by atoms with E-state index in [1.807, 2.05) is 45.0 Å². The maximum atomic E-state index is 12.4. The first-order valence-electron chi connectivity index (χ1n) is 6.87. The van der Waals surface area contributed by atoms with Gasteiger partial charge in [-0.15, -0.1) is 0 Å². The largest absolute Gasteiger partial charge is 0.497 e. The number of hydrogen-bond donors (Lipinski definition) is 1. The summed E-state index contributed by atoms with van der Waals surface area (Å²) in [6.45, 7) is 6.48. The zero-order valence-corrected chi connectivity index (χ0v) is 12.9. The molecule has 1 aromatic carbocycles. The van der Waals surface area contributed by atoms with Gasteiger partial charge in [-0.05, 0) is 38.5 Å². The van der Waals surface area contributed by atoms with Crippen LogP contribution in [0.3, 0.4) is 0 Å². The highest BCUT2D eigenvalue weighted by Crippen LogP contribution is 2.14. The van der Waals surface area contributed by atoms with Crippen molar-refractivity contribution in [3.63, 3.8) is 0 Å². The van der Waals surface area contributed by atoms with Gasteiger partial charge in [0.2, 0.25) is 0 Å². The molecule has 0 radical (unpaired) electrons. The Balaban J connectivity index is 2.19. The SMILES string of the molecule is COc1cccc(CNc2nccn(C(C)(C)C)c2=O)c1. The monoisotopic (exact) mass is 287 g/mol. The second kappa shape index (κ2) is 5.99. The Morgan fingerprint density at radius 1 is 1.33 bits per heavy atom. The summed E-state index contributed by atoms with van der Waals surface area (Å²) in [5, 5.41) is 3.09. The smallest absolute Gasteiger partial charge is 0.293 e. The van der Waals surface area contributed by atoms with Gasteiger partial charge in [0.15, 0.2) is 5.82 Å². The summed E-state index contributed by atoms with van der Waals surface area (Å²) in [7, 11) is 1.63. The number of rotatable bonds is 4. The lowest BCUT2D eigenvalue weighted by molar-refractivity contribution is 0.383. The molecular formula is C16H21N3O2. The highest BCUT2D eigenvalue weighted by molar-refractivity contribution is 5.35. The summed E-state index contributed by atoms with van der Waals surface area (Å²) in [5.41, 5.74) is 0.640. The molecule has 1 N–H and O–H groups in total. The van der Waals surface area contributed by atoms with Crippen LogP contribution in [-0.2, 0) is 12.1 Å². The topological polar surface area (TPSA) is 56.1 Å². The van der Waals surface area contributed by atoms with Crippen molar-refractivity contribution < 1.29 is 4.74 Å². The van der Waals surface area contributed by atoms with E-state index in [0.717, 1.165) is 11.3 Å². The number of nitrogens with one attached hydrogen (secondary N) is 1. The number of nitrogens with zero attached hydrogens (tertiary/aromatic N) is 2. The van der Waals surface area contributed by atoms with Crippen LogP contribution >= 0.6 is 0 Å². The zero-order valence-electron chi connectivity index (χ0n) is 12.9. The third kappa shape index (κ3) is 3.62. The second-order valence-corrected chi connectivity index (χ2v) is 5.83. The molecule has 0 spiro atoms. The number of benzene rings is 1. The summed E-state index contributed by atoms with van der Waals surface area (Å²) in [6.07, 6.45) is 3.35. The Morgan fingerprint density at radius 2 is 2.10 bits per heavy atom. The quantitative estimate of drug-likeness (QED) is 0.939. The minimum Gasteiger partial charge on any atom is -0.497 e. The first kappa shape index (κ1) is 15.1. The van der Waals surface area contributed by atoms with Crippen LogP contribution < -0.4 is 15.6 Å². The second-order valence-electron chi connectivity index (χ2n) is 5.83. The van der Waals surface area contributed by atoms with Gasteiger partial charge in [-0.25, -0.2) is 4.98 Å². The van der Waals surface area contributed by atoms with E-state index in [1.165, 1.54) is 0 Å². The Hall–Kier alpha value is -2.30. The average Bonchev–Trinajstić information content (AvgIpc) is 2.45. The fourth-order valence-corrected chi connectivity index (χ4v) is 2.03. The van der Waals surface area contributed by atoms with Crippen LogP contribution in [0.4, 0.5) is 5.82 Å². The molecule has 2 aromatic rings. The van der Waals surface area contributed by atoms with E-state index in [4.69, 9.17) is 4.74 Å². The van der Waals surface area contributed by atoms with E-state index >= 15 is 0 Å². The van der Waals surface area contributed by atoms with Gasteiger partial charge in [0.25, 0.3) is 5.56 Å². The lowest BCUT2D eigenvalue weighted by atomic mass is 10.1. The number of hydrogen-bond acceptors (Lipinski definition) is 4. The normalized spacial score (nSPS) is 11.2. The fourth-order valence-electron chi connectivity index (χ4n) is 2.03. The Morgan fingerprint density at radius 3 is 2.76 bits per heavy atom. The lowest BCUT2D eigenvalue weighted by Gasteiger charge is -2.22. The van der Waals surface area contributed by atoms with Gasteiger partial charge in [-0.3, -0.25) is 4.79 Å². The minimum absolute atomic E-state index is 0.118. The molecule has 0 amide bonds. The maximum Gasteiger partial charge on any atom is 0.293 e. The molecule has 1 aromatic heterocycles. The van der Waals surface area contributed by atoms with E-state index in [0.29, 0.717) is 12.4 Å². The predicted molar refractivity (Wildman–Crippen MR) is 83.8 cm³/mol. The lowest BCUT2D eigenvalue weighted by Crippen LogP contribution is -2.35. The van der Waals surface area contributed by atoms with Crippen molar-refractivity contribution >= 4 is 5.82 Å². The molecule has 0 fully saturated rings. The predicted octanol–water partition coefficient (Wildman–Crippen LogP) is 2.62. The summed E-state index contributed by atoms with van der Waals surface area (Å²) < 4.78 is 6.86. The highest BCUT2D eigenvalue weighted by Gasteiger charge is 2.16. The molecule has 0 atom stereocenters. The van der Waals surface area contributed by atoms with Crippen molar-refractivity contribution in [2.45, 2.75) is 32.9 Å². The summed E-state index contributed by atoms with van der Waals surface area (Å²) in [5.74, 6) is 1.15. The van der Waals surface area contributed by atoms with Crippen LogP contribution in [0.2, 0.25) is 0 Å². The van der Waals surface area contributed by atoms with Gasteiger partial charge < -0.3 is 14.6 Å². The maximum absolute atomic E-state index is 12.4. The fraction of sp³-hybridized carbons (Fsp3) is 0.375. The van der Waals surface area contributed by atoms with E-state index in [9.17, 15) is 4.79 Å². The Kier molecular flexibility index (Phi) is 4.31. The van der Waals surface area contributed by atoms with Gasteiger partial charge >= 0.3 is 0 Å². The van der Waals surface area contributed by atoms with E-state index in [-0.39, 0.29) is 11.1 Å². The molecule has 5 heteroatoms. The van der Waals surface area contributed by atoms with Crippen LogP contribution in [0.25, 0.3) is 0 Å². The molecule has 0 aliphatic carbocycles. The van der Waals surface area contributed by atoms with Crippen molar-refractivity contribution in [2.75, 3.05) is 12.4 Å². The third-order valence-corrected chi connectivity index (χ3v) is 3.16. The molecule has 0 unspecified atom stereocenters. The summed E-state index contributed by atoms with van der Waals surface area (Å²) >= 11 is 0. The van der Waals surface area contributed by atoms with Crippen LogP contribution in [0, 0.1) is 0 Å². The Labute approximate surface area is 124 Å². The number of aromatic nitrogens is 2. The van der Waals surface area contributed by atoms with Crippen molar-refractivity contribution in [1.82, 2.24) is 9.55 Å². The summed E-state index contributed by atoms with van der Waals surface area (Å²) in [4.78, 5) is 16.5. The first-order chi connectivity index (χ1) is 9.91. The number of methoxy groups -OCH3 is 1. The van der Waals surface area contributed by atoms with Crippen molar-refractivity contribution in [1.29, 1.82) is 0 Å². The Bertz CT molecular complexity index is 672. The van der Waals surface area contributed by atoms with Crippen LogP contribution in [-0.4, -0.2) is 16.7 Å². The molecule has 112 valence electrons. The molecule has 0 bridgehead atoms. The summed E-state index contributed by atoms with van der Waals surface area (Å²) in [6, 6.07) is 7.71. The van der Waals surface area contributed by atoms with E-state index in [1.54, 1.807) is 24.1 Å². The highest BCUT2D eigenvalue weighted by atomic mass is 16.5. The van der Waals surface area contributed by atoms with Gasteiger partial charge in [0.1, 0.15) is 5.75 Å². The molecule has 21 heavy (non-hydrogen) atoms. The molecular weight excluding hydrogens is 266 g/mol. The number of ether oxygens (including phenoxy) is 1. The van der Waals surface area contributed by atoms with Crippen molar-refractivity contribution in [3.05, 3.63) is 52.6 Å². The standard InChI is InChI=1S/C16H21N3O2/c1-16(2,3)19-9-8-17-14(15(19)20)18-11-12-6-5-7-13(10-12)21-4/h5-10H,11H2,1-4H3,(H,17,18). The van der Waals surface area contributed by atoms with E-state index < -0.39 is 0 Å². The first-order valence-corrected chi connectivity index (χ1v) is 6.87. The molecule has 0 saturated carbocycles. The van der Waals surface area contributed by atoms with Gasteiger partial charge in [0.05, 0.1) is 7.11 Å². The van der Waals surface area contributed by atoms with Crippen LogP contribution in [0.15, 0.2) is 41.5 Å². The van der Waals surface area contributed by atoms with Gasteiger partial charge in [0, 0.05) is 24.5 Å². The number of anilines is 1.